The van der Waals surface area contributed by atoms with E-state index in [9.17, 15) is 4.39 Å². The smallest absolute Gasteiger partial charge is 0.201 e. The van der Waals surface area contributed by atoms with Gasteiger partial charge in [-0.15, -0.1) is 0 Å². The molecule has 1 unspecified atom stereocenters. The van der Waals surface area contributed by atoms with Gasteiger partial charge in [-0.25, -0.2) is 9.37 Å². The number of rotatable bonds is 2. The summed E-state index contributed by atoms with van der Waals surface area (Å²) < 4.78 is 16.4. The minimum absolute atomic E-state index is 0.0734. The lowest BCUT2D eigenvalue weighted by Crippen LogP contribution is -2.10. The average Bonchev–Trinajstić information content (AvgIpc) is 2.73. The third-order valence-electron chi connectivity index (χ3n) is 3.40. The molecule has 1 aromatic heterocycles. The molecule has 20 heavy (non-hydrogen) atoms. The number of anilines is 1. The molecular formula is C15H13FIN3. The van der Waals surface area contributed by atoms with Gasteiger partial charge in [0.1, 0.15) is 5.82 Å². The highest BCUT2D eigenvalue weighted by molar-refractivity contribution is 14.1. The molecule has 102 valence electrons. The van der Waals surface area contributed by atoms with Crippen molar-refractivity contribution in [1.82, 2.24) is 9.55 Å². The lowest BCUT2D eigenvalue weighted by molar-refractivity contribution is 0.612. The van der Waals surface area contributed by atoms with Gasteiger partial charge in [-0.05, 0) is 65.4 Å². The summed E-state index contributed by atoms with van der Waals surface area (Å²) >= 11 is 2.24. The number of aromatic nitrogens is 2. The summed E-state index contributed by atoms with van der Waals surface area (Å²) in [7, 11) is 0. The van der Waals surface area contributed by atoms with Gasteiger partial charge in [0.25, 0.3) is 0 Å². The molecule has 0 saturated heterocycles. The molecule has 0 spiro atoms. The zero-order valence-electron chi connectivity index (χ0n) is 10.8. The fraction of sp³-hybridized carbons (Fsp3) is 0.133. The van der Waals surface area contributed by atoms with Crippen molar-refractivity contribution >= 4 is 39.6 Å². The minimum Gasteiger partial charge on any atom is -0.369 e. The zero-order chi connectivity index (χ0) is 14.3. The lowest BCUT2D eigenvalue weighted by atomic mass is 10.1. The largest absolute Gasteiger partial charge is 0.369 e. The first-order valence-corrected chi connectivity index (χ1v) is 7.32. The number of nitrogens with zero attached hydrogens (tertiary/aromatic N) is 2. The van der Waals surface area contributed by atoms with E-state index in [1.807, 2.05) is 35.8 Å². The number of halogens is 2. The van der Waals surface area contributed by atoms with Crippen LogP contribution in [0.1, 0.15) is 18.5 Å². The van der Waals surface area contributed by atoms with Crippen LogP contribution in [0.4, 0.5) is 10.3 Å². The molecule has 2 N–H and O–H groups in total. The van der Waals surface area contributed by atoms with E-state index in [1.54, 1.807) is 6.07 Å². The molecule has 0 bridgehead atoms. The standard InChI is InChI=1S/C15H13FIN3/c1-9(10-3-2-4-11(16)7-10)20-14-6-5-12(17)8-13(14)19-15(20)18/h2-9H,1H3,(H2,18,19). The molecule has 0 amide bonds. The van der Waals surface area contributed by atoms with Gasteiger partial charge in [0.15, 0.2) is 0 Å². The Labute approximate surface area is 129 Å². The van der Waals surface area contributed by atoms with E-state index >= 15 is 0 Å². The SMILES string of the molecule is CC(c1cccc(F)c1)n1c(N)nc2cc(I)ccc21. The maximum Gasteiger partial charge on any atom is 0.201 e. The molecule has 0 radical (unpaired) electrons. The molecule has 2 aromatic carbocycles. The van der Waals surface area contributed by atoms with E-state index < -0.39 is 0 Å². The Morgan fingerprint density at radius 3 is 2.80 bits per heavy atom. The zero-order valence-corrected chi connectivity index (χ0v) is 13.0. The van der Waals surface area contributed by atoms with Gasteiger partial charge in [-0.3, -0.25) is 0 Å². The van der Waals surface area contributed by atoms with Crippen LogP contribution >= 0.6 is 22.6 Å². The van der Waals surface area contributed by atoms with Crippen molar-refractivity contribution in [3.63, 3.8) is 0 Å². The van der Waals surface area contributed by atoms with E-state index in [1.165, 1.54) is 12.1 Å². The van der Waals surface area contributed by atoms with Crippen LogP contribution in [0, 0.1) is 9.39 Å². The highest BCUT2D eigenvalue weighted by Crippen LogP contribution is 2.28. The molecule has 1 atom stereocenters. The Bertz CT molecular complexity index is 782. The Kier molecular flexibility index (Phi) is 3.37. The van der Waals surface area contributed by atoms with Gasteiger partial charge in [0.2, 0.25) is 5.95 Å². The molecule has 5 heteroatoms. The molecular weight excluding hydrogens is 368 g/mol. The van der Waals surface area contributed by atoms with Crippen LogP contribution in [-0.4, -0.2) is 9.55 Å². The van der Waals surface area contributed by atoms with Crippen LogP contribution in [0.3, 0.4) is 0 Å². The Hall–Kier alpha value is -1.63. The van der Waals surface area contributed by atoms with Crippen LogP contribution < -0.4 is 5.73 Å². The quantitative estimate of drug-likeness (QED) is 0.683. The first-order chi connectivity index (χ1) is 9.56. The number of fused-ring (bicyclic) bond motifs is 1. The van der Waals surface area contributed by atoms with Crippen LogP contribution in [-0.2, 0) is 0 Å². The second-order valence-corrected chi connectivity index (χ2v) is 5.95. The lowest BCUT2D eigenvalue weighted by Gasteiger charge is -2.16. The normalized spacial score (nSPS) is 12.8. The summed E-state index contributed by atoms with van der Waals surface area (Å²) in [5, 5.41) is 0. The first kappa shape index (κ1) is 13.4. The molecule has 0 fully saturated rings. The number of nitrogen functional groups attached to an aromatic ring is 1. The summed E-state index contributed by atoms with van der Waals surface area (Å²) in [5.41, 5.74) is 8.72. The highest BCUT2D eigenvalue weighted by Gasteiger charge is 2.16. The van der Waals surface area contributed by atoms with Gasteiger partial charge < -0.3 is 10.3 Å². The summed E-state index contributed by atoms with van der Waals surface area (Å²) in [6.07, 6.45) is 0. The van der Waals surface area contributed by atoms with E-state index in [0.29, 0.717) is 5.95 Å². The van der Waals surface area contributed by atoms with Crippen LogP contribution in [0.5, 0.6) is 0 Å². The number of benzene rings is 2. The van der Waals surface area contributed by atoms with E-state index in [0.717, 1.165) is 20.2 Å². The van der Waals surface area contributed by atoms with E-state index in [2.05, 4.69) is 27.6 Å². The molecule has 1 heterocycles. The Balaban J connectivity index is 2.16. The van der Waals surface area contributed by atoms with E-state index in [-0.39, 0.29) is 11.9 Å². The second kappa shape index (κ2) is 5.05. The fourth-order valence-electron chi connectivity index (χ4n) is 2.41. The average molecular weight is 381 g/mol. The topological polar surface area (TPSA) is 43.8 Å². The van der Waals surface area contributed by atoms with Crippen molar-refractivity contribution in [2.45, 2.75) is 13.0 Å². The van der Waals surface area contributed by atoms with E-state index in [4.69, 9.17) is 5.73 Å². The molecule has 3 aromatic rings. The highest BCUT2D eigenvalue weighted by atomic mass is 127. The van der Waals surface area contributed by atoms with Crippen molar-refractivity contribution in [1.29, 1.82) is 0 Å². The van der Waals surface area contributed by atoms with Crippen LogP contribution in [0.15, 0.2) is 42.5 Å². The summed E-state index contributed by atoms with van der Waals surface area (Å²) in [6, 6.07) is 12.5. The molecule has 0 aliphatic carbocycles. The predicted molar refractivity (Wildman–Crippen MR) is 87.1 cm³/mol. The minimum atomic E-state index is -0.244. The third kappa shape index (κ3) is 2.26. The summed E-state index contributed by atoms with van der Waals surface area (Å²) in [4.78, 5) is 4.39. The van der Waals surface area contributed by atoms with Crippen molar-refractivity contribution in [2.75, 3.05) is 5.73 Å². The number of hydrogen-bond acceptors (Lipinski definition) is 2. The predicted octanol–water partition coefficient (Wildman–Crippen LogP) is 3.97. The van der Waals surface area contributed by atoms with Gasteiger partial charge in [-0.2, -0.15) is 0 Å². The van der Waals surface area contributed by atoms with Crippen molar-refractivity contribution in [3.8, 4) is 0 Å². The number of hydrogen-bond donors (Lipinski definition) is 1. The molecule has 3 nitrogen and oxygen atoms in total. The van der Waals surface area contributed by atoms with Crippen molar-refractivity contribution in [3.05, 3.63) is 57.4 Å². The van der Waals surface area contributed by atoms with Crippen LogP contribution in [0.25, 0.3) is 11.0 Å². The third-order valence-corrected chi connectivity index (χ3v) is 4.07. The molecule has 0 aliphatic rings. The van der Waals surface area contributed by atoms with Gasteiger partial charge in [0, 0.05) is 3.57 Å². The number of nitrogens with two attached hydrogens (primary N) is 1. The maximum atomic E-state index is 13.4. The fourth-order valence-corrected chi connectivity index (χ4v) is 2.89. The van der Waals surface area contributed by atoms with Crippen molar-refractivity contribution < 1.29 is 4.39 Å². The Morgan fingerprint density at radius 1 is 1.25 bits per heavy atom. The Morgan fingerprint density at radius 2 is 2.05 bits per heavy atom. The van der Waals surface area contributed by atoms with Crippen molar-refractivity contribution in [2.24, 2.45) is 0 Å². The monoisotopic (exact) mass is 381 g/mol. The number of imidazole rings is 1. The van der Waals surface area contributed by atoms with Gasteiger partial charge in [-0.1, -0.05) is 12.1 Å². The van der Waals surface area contributed by atoms with Crippen LogP contribution in [0.2, 0.25) is 0 Å². The summed E-state index contributed by atoms with van der Waals surface area (Å²) in [5.74, 6) is 0.200. The van der Waals surface area contributed by atoms with Gasteiger partial charge in [0.05, 0.1) is 17.1 Å². The second-order valence-electron chi connectivity index (χ2n) is 4.70. The summed E-state index contributed by atoms with van der Waals surface area (Å²) in [6.45, 7) is 1.99. The molecule has 0 aliphatic heterocycles. The molecule has 0 saturated carbocycles. The molecule has 3 rings (SSSR count). The first-order valence-electron chi connectivity index (χ1n) is 6.24. The van der Waals surface area contributed by atoms with Gasteiger partial charge >= 0.3 is 0 Å². The maximum absolute atomic E-state index is 13.4.